The van der Waals surface area contributed by atoms with Crippen LogP contribution in [0.5, 0.6) is 0 Å². The lowest BCUT2D eigenvalue weighted by Crippen LogP contribution is -2.33. The fourth-order valence-corrected chi connectivity index (χ4v) is 2.45. The van der Waals surface area contributed by atoms with Crippen LogP contribution in [-0.4, -0.2) is 27.8 Å². The monoisotopic (exact) mass is 318 g/mol. The van der Waals surface area contributed by atoms with Crippen LogP contribution >= 0.6 is 0 Å². The molecule has 0 bridgehead atoms. The lowest BCUT2D eigenvalue weighted by molar-refractivity contribution is 0.0526. The quantitative estimate of drug-likeness (QED) is 0.831. The molecule has 0 unspecified atom stereocenters. The van der Waals surface area contributed by atoms with Crippen LogP contribution in [0.4, 0.5) is 4.79 Å². The van der Waals surface area contributed by atoms with Crippen molar-refractivity contribution < 1.29 is 9.53 Å². The number of para-hydroxylation sites is 2. The van der Waals surface area contributed by atoms with Gasteiger partial charge in [0.2, 0.25) is 0 Å². The number of nitrogens with one attached hydrogen (secondary N) is 1. The Balaban J connectivity index is 1.84. The van der Waals surface area contributed by atoms with Gasteiger partial charge in [0.25, 0.3) is 0 Å². The molecule has 6 nitrogen and oxygen atoms in total. The molecule has 0 aliphatic rings. The number of nitrogens with two attached hydrogens (primary N) is 1. The average molecular weight is 318 g/mol. The molecule has 2 aromatic rings. The number of amides is 1. The number of aryl methyl sites for hydroxylation is 1. The molecule has 0 radical (unpaired) electrons. The normalized spacial score (nSPS) is 13.1. The van der Waals surface area contributed by atoms with Gasteiger partial charge in [-0.25, -0.2) is 9.78 Å². The first-order valence-corrected chi connectivity index (χ1v) is 7.92. The smallest absolute Gasteiger partial charge is 0.407 e. The van der Waals surface area contributed by atoms with Crippen LogP contribution in [0.1, 0.15) is 45.5 Å². The van der Waals surface area contributed by atoms with Crippen molar-refractivity contribution in [3.8, 4) is 0 Å². The van der Waals surface area contributed by atoms with Crippen LogP contribution in [0.15, 0.2) is 24.3 Å². The summed E-state index contributed by atoms with van der Waals surface area (Å²) in [5.74, 6) is 0.864. The molecular formula is C17H26N4O2. The molecule has 23 heavy (non-hydrogen) atoms. The van der Waals surface area contributed by atoms with Gasteiger partial charge in [0.1, 0.15) is 11.4 Å². The summed E-state index contributed by atoms with van der Waals surface area (Å²) in [7, 11) is 1.98. The molecule has 1 atom stereocenters. The van der Waals surface area contributed by atoms with Crippen LogP contribution in [0.3, 0.4) is 0 Å². The minimum absolute atomic E-state index is 0.159. The van der Waals surface area contributed by atoms with Gasteiger partial charge in [-0.2, -0.15) is 0 Å². The van der Waals surface area contributed by atoms with E-state index in [1.54, 1.807) is 0 Å². The van der Waals surface area contributed by atoms with Crippen LogP contribution in [0.2, 0.25) is 0 Å². The van der Waals surface area contributed by atoms with Crippen LogP contribution in [0.25, 0.3) is 11.0 Å². The standard InChI is InChI=1S/C17H26N4O2/c1-17(2,3)23-16(22)19-11-7-8-12(18)15-20-13-9-5-6-10-14(13)21(15)4/h5-6,9-10,12H,7-8,11,18H2,1-4H3,(H,19,22)/t12-/m0/s1. The number of aromatic nitrogens is 2. The highest BCUT2D eigenvalue weighted by Crippen LogP contribution is 2.20. The van der Waals surface area contributed by atoms with Gasteiger partial charge in [-0.1, -0.05) is 12.1 Å². The van der Waals surface area contributed by atoms with Crippen molar-refractivity contribution in [2.24, 2.45) is 12.8 Å². The molecule has 0 spiro atoms. The highest BCUT2D eigenvalue weighted by Gasteiger charge is 2.17. The van der Waals surface area contributed by atoms with E-state index < -0.39 is 11.7 Å². The fourth-order valence-electron chi connectivity index (χ4n) is 2.45. The Kier molecular flexibility index (Phi) is 5.26. The molecule has 6 heteroatoms. The SMILES string of the molecule is Cn1c([C@@H](N)CCCNC(=O)OC(C)(C)C)nc2ccccc21. The molecule has 0 saturated heterocycles. The van der Waals surface area contributed by atoms with Crippen molar-refractivity contribution in [2.45, 2.75) is 45.3 Å². The summed E-state index contributed by atoms with van der Waals surface area (Å²) in [6.45, 7) is 6.06. The maximum Gasteiger partial charge on any atom is 0.407 e. The van der Waals surface area contributed by atoms with Gasteiger partial charge in [-0.05, 0) is 45.7 Å². The highest BCUT2D eigenvalue weighted by atomic mass is 16.6. The lowest BCUT2D eigenvalue weighted by atomic mass is 10.1. The second kappa shape index (κ2) is 7.00. The van der Waals surface area contributed by atoms with Gasteiger partial charge in [0.15, 0.2) is 0 Å². The van der Waals surface area contributed by atoms with E-state index in [1.165, 1.54) is 0 Å². The van der Waals surface area contributed by atoms with Crippen molar-refractivity contribution in [2.75, 3.05) is 6.54 Å². The Hall–Kier alpha value is -2.08. The van der Waals surface area contributed by atoms with Crippen LogP contribution < -0.4 is 11.1 Å². The van der Waals surface area contributed by atoms with Gasteiger partial charge in [0, 0.05) is 13.6 Å². The minimum atomic E-state index is -0.479. The van der Waals surface area contributed by atoms with E-state index in [9.17, 15) is 4.79 Å². The number of carbonyl (C=O) groups is 1. The van der Waals surface area contributed by atoms with Crippen molar-refractivity contribution >= 4 is 17.1 Å². The number of imidazole rings is 1. The summed E-state index contributed by atoms with van der Waals surface area (Å²) in [4.78, 5) is 16.2. The molecule has 1 heterocycles. The van der Waals surface area contributed by atoms with E-state index in [1.807, 2.05) is 56.7 Å². The number of benzene rings is 1. The number of hydrogen-bond donors (Lipinski definition) is 2. The van der Waals surface area contributed by atoms with Crippen molar-refractivity contribution in [3.63, 3.8) is 0 Å². The van der Waals surface area contributed by atoms with Crippen molar-refractivity contribution in [1.29, 1.82) is 0 Å². The first-order chi connectivity index (χ1) is 10.8. The third-order valence-corrected chi connectivity index (χ3v) is 3.51. The molecule has 3 N–H and O–H groups in total. The number of nitrogens with zero attached hydrogens (tertiary/aromatic N) is 2. The number of carbonyl (C=O) groups excluding carboxylic acids is 1. The predicted molar refractivity (Wildman–Crippen MR) is 91.1 cm³/mol. The van der Waals surface area contributed by atoms with E-state index >= 15 is 0 Å². The summed E-state index contributed by atoms with van der Waals surface area (Å²) < 4.78 is 7.22. The zero-order valence-corrected chi connectivity index (χ0v) is 14.3. The molecular weight excluding hydrogens is 292 g/mol. The van der Waals surface area contributed by atoms with Gasteiger partial charge in [0.05, 0.1) is 17.1 Å². The Labute approximate surface area is 137 Å². The maximum absolute atomic E-state index is 11.6. The van der Waals surface area contributed by atoms with E-state index in [-0.39, 0.29) is 6.04 Å². The zero-order valence-electron chi connectivity index (χ0n) is 14.3. The maximum atomic E-state index is 11.6. The van der Waals surface area contributed by atoms with E-state index in [2.05, 4.69) is 10.3 Å². The van der Waals surface area contributed by atoms with E-state index in [0.29, 0.717) is 6.54 Å². The molecule has 1 aromatic carbocycles. The minimum Gasteiger partial charge on any atom is -0.444 e. The lowest BCUT2D eigenvalue weighted by Gasteiger charge is -2.19. The van der Waals surface area contributed by atoms with E-state index in [4.69, 9.17) is 10.5 Å². The highest BCUT2D eigenvalue weighted by molar-refractivity contribution is 5.75. The Bertz CT molecular complexity index is 673. The largest absolute Gasteiger partial charge is 0.444 e. The van der Waals surface area contributed by atoms with Gasteiger partial charge in [-0.3, -0.25) is 0 Å². The summed E-state index contributed by atoms with van der Waals surface area (Å²) >= 11 is 0. The fraction of sp³-hybridized carbons (Fsp3) is 0.529. The molecule has 1 aromatic heterocycles. The van der Waals surface area contributed by atoms with E-state index in [0.717, 1.165) is 29.7 Å². The molecule has 0 aliphatic heterocycles. The Morgan fingerprint density at radius 1 is 1.39 bits per heavy atom. The molecule has 126 valence electrons. The predicted octanol–water partition coefficient (Wildman–Crippen LogP) is 2.88. The molecule has 2 rings (SSSR count). The van der Waals surface area contributed by atoms with Gasteiger partial charge in [-0.15, -0.1) is 0 Å². The third-order valence-electron chi connectivity index (χ3n) is 3.51. The summed E-state index contributed by atoms with van der Waals surface area (Å²) in [5.41, 5.74) is 7.80. The number of fused-ring (bicyclic) bond motifs is 1. The topological polar surface area (TPSA) is 82.2 Å². The van der Waals surface area contributed by atoms with Crippen LogP contribution in [0, 0.1) is 0 Å². The molecule has 0 fully saturated rings. The average Bonchev–Trinajstić information content (AvgIpc) is 2.79. The summed E-state index contributed by atoms with van der Waals surface area (Å²) in [6, 6.07) is 7.81. The molecule has 0 saturated carbocycles. The number of rotatable bonds is 5. The Morgan fingerprint density at radius 3 is 2.74 bits per heavy atom. The number of hydrogen-bond acceptors (Lipinski definition) is 4. The summed E-state index contributed by atoms with van der Waals surface area (Å²) in [5, 5.41) is 2.74. The first-order valence-electron chi connectivity index (χ1n) is 7.92. The number of alkyl carbamates (subject to hydrolysis) is 1. The number of ether oxygens (including phenoxy) is 1. The van der Waals surface area contributed by atoms with Crippen LogP contribution in [-0.2, 0) is 11.8 Å². The molecule has 1 amide bonds. The van der Waals surface area contributed by atoms with Crippen molar-refractivity contribution in [3.05, 3.63) is 30.1 Å². The Morgan fingerprint density at radius 2 is 2.09 bits per heavy atom. The van der Waals surface area contributed by atoms with Gasteiger partial charge >= 0.3 is 6.09 Å². The summed E-state index contributed by atoms with van der Waals surface area (Å²) in [6.07, 6.45) is 1.12. The zero-order chi connectivity index (χ0) is 17.0. The first kappa shape index (κ1) is 17.3. The molecule has 0 aliphatic carbocycles. The third kappa shape index (κ3) is 4.69. The van der Waals surface area contributed by atoms with Crippen molar-refractivity contribution in [1.82, 2.24) is 14.9 Å². The second-order valence-electron chi connectivity index (χ2n) is 6.70. The van der Waals surface area contributed by atoms with Gasteiger partial charge < -0.3 is 20.4 Å². The second-order valence-corrected chi connectivity index (χ2v) is 6.70.